The highest BCUT2D eigenvalue weighted by atomic mass is 35.5. The Morgan fingerprint density at radius 2 is 0.968 bits per heavy atom. The Kier molecular flexibility index (Phi) is 17.5. The topological polar surface area (TPSA) is 197 Å². The van der Waals surface area contributed by atoms with Gasteiger partial charge >= 0.3 is 17.9 Å². The minimum Gasteiger partial charge on any atom is -0.462 e. The van der Waals surface area contributed by atoms with Gasteiger partial charge in [0.25, 0.3) is 5.56 Å². The van der Waals surface area contributed by atoms with Crippen molar-refractivity contribution in [2.24, 2.45) is 0 Å². The van der Waals surface area contributed by atoms with Crippen LogP contribution in [0.1, 0.15) is 57.4 Å². The van der Waals surface area contributed by atoms with E-state index in [2.05, 4.69) is 35.4 Å². The SMILES string of the molecule is CCOC(=O)c1c(-c2ccccc2)nc[nH]c1=O.CCOC(=O)c1c(Cl)ncnc1-c1ccccc1.CCOC(=O)c1c(NOCc2ccccc2)ncnc1-c1ccccc1. The Bertz CT molecular complexity index is 2590. The van der Waals surface area contributed by atoms with Gasteiger partial charge in [-0.1, -0.05) is 133 Å². The van der Waals surface area contributed by atoms with Crippen LogP contribution in [-0.4, -0.2) is 67.6 Å². The number of nitrogens with zero attached hydrogens (tertiary/aromatic N) is 5. The van der Waals surface area contributed by atoms with Crippen LogP contribution in [0.25, 0.3) is 33.8 Å². The van der Waals surface area contributed by atoms with Gasteiger partial charge in [-0.25, -0.2) is 44.8 Å². The Labute approximate surface area is 362 Å². The average Bonchev–Trinajstić information content (AvgIpc) is 3.30. The van der Waals surface area contributed by atoms with Crippen molar-refractivity contribution in [2.45, 2.75) is 27.4 Å². The van der Waals surface area contributed by atoms with Crippen molar-refractivity contribution >= 4 is 35.3 Å². The van der Waals surface area contributed by atoms with Crippen molar-refractivity contribution in [3.05, 3.63) is 178 Å². The fourth-order valence-electron chi connectivity index (χ4n) is 5.61. The second-order valence-electron chi connectivity index (χ2n) is 12.4. The second kappa shape index (κ2) is 23.8. The van der Waals surface area contributed by atoms with Gasteiger partial charge in [0.05, 0.1) is 49.8 Å². The lowest BCUT2D eigenvalue weighted by Crippen LogP contribution is -2.21. The first-order chi connectivity index (χ1) is 30.3. The third-order valence-corrected chi connectivity index (χ3v) is 8.62. The quantitative estimate of drug-likeness (QED) is 0.0485. The number of esters is 3. The summed E-state index contributed by atoms with van der Waals surface area (Å²) in [5.41, 5.74) is 7.23. The first kappa shape index (κ1) is 45.5. The fourth-order valence-corrected chi connectivity index (χ4v) is 5.82. The molecule has 4 aromatic carbocycles. The maximum atomic E-state index is 12.5. The molecule has 16 heteroatoms. The van der Waals surface area contributed by atoms with E-state index in [0.29, 0.717) is 29.3 Å². The summed E-state index contributed by atoms with van der Waals surface area (Å²) in [5.74, 6) is -1.40. The number of ether oxygens (including phenoxy) is 3. The zero-order valence-corrected chi connectivity index (χ0v) is 34.7. The van der Waals surface area contributed by atoms with Crippen LogP contribution in [-0.2, 0) is 25.7 Å². The molecule has 3 aromatic heterocycles. The largest absolute Gasteiger partial charge is 0.462 e. The van der Waals surface area contributed by atoms with Gasteiger partial charge in [-0.2, -0.15) is 0 Å². The number of benzene rings is 4. The molecule has 0 atom stereocenters. The monoisotopic (exact) mass is 855 g/mol. The van der Waals surface area contributed by atoms with Crippen molar-refractivity contribution < 1.29 is 33.4 Å². The molecule has 0 bridgehead atoms. The van der Waals surface area contributed by atoms with Crippen LogP contribution in [0.3, 0.4) is 0 Å². The van der Waals surface area contributed by atoms with Gasteiger partial charge in [0, 0.05) is 16.7 Å². The lowest BCUT2D eigenvalue weighted by molar-refractivity contribution is 0.0515. The van der Waals surface area contributed by atoms with Gasteiger partial charge in [-0.3, -0.25) is 9.63 Å². The van der Waals surface area contributed by atoms with Crippen LogP contribution >= 0.6 is 11.6 Å². The summed E-state index contributed by atoms with van der Waals surface area (Å²) in [7, 11) is 0. The molecule has 0 unspecified atom stereocenters. The van der Waals surface area contributed by atoms with Gasteiger partial charge in [-0.15, -0.1) is 0 Å². The van der Waals surface area contributed by atoms with Crippen LogP contribution in [0.4, 0.5) is 5.82 Å². The molecule has 0 amide bonds. The standard InChI is InChI=1S/C20H19N3O3.C13H11ClN2O2.C13H12N2O3/c1-2-25-20(24)17-18(16-11-7-4-8-12-16)21-14-22-19(17)23-26-13-15-9-5-3-6-10-15;1-2-18-13(17)10-11(15-8-16-12(10)14)9-6-4-3-5-7-9;1-2-18-13(17)10-11(14-8-15-12(10)16)9-6-4-3-5-7-9/h3-12,14H,2,13H2,1H3,(H,21,22,23);3-8H,2H2,1H3;3-8H,2H2,1H3,(H,14,15,16). The molecule has 62 heavy (non-hydrogen) atoms. The molecule has 0 aliphatic rings. The van der Waals surface area contributed by atoms with Crippen molar-refractivity contribution in [1.82, 2.24) is 29.9 Å². The number of aromatic nitrogens is 6. The lowest BCUT2D eigenvalue weighted by Gasteiger charge is -2.13. The van der Waals surface area contributed by atoms with Crippen molar-refractivity contribution in [3.8, 4) is 33.8 Å². The van der Waals surface area contributed by atoms with Gasteiger partial charge in [0.2, 0.25) is 0 Å². The number of hydrogen-bond donors (Lipinski definition) is 2. The summed E-state index contributed by atoms with van der Waals surface area (Å²) in [6.07, 6.45) is 3.99. The first-order valence-corrected chi connectivity index (χ1v) is 19.7. The minimum atomic E-state index is -0.661. The molecule has 2 N–H and O–H groups in total. The van der Waals surface area contributed by atoms with Crippen molar-refractivity contribution in [2.75, 3.05) is 25.3 Å². The number of aromatic amines is 1. The zero-order chi connectivity index (χ0) is 44.1. The van der Waals surface area contributed by atoms with Gasteiger partial charge in [-0.05, 0) is 26.3 Å². The summed E-state index contributed by atoms with van der Waals surface area (Å²) >= 11 is 5.96. The van der Waals surface area contributed by atoms with Crippen molar-refractivity contribution in [3.63, 3.8) is 0 Å². The molecule has 7 aromatic rings. The van der Waals surface area contributed by atoms with Crippen LogP contribution in [0, 0.1) is 0 Å². The molecule has 15 nitrogen and oxygen atoms in total. The van der Waals surface area contributed by atoms with E-state index in [4.69, 9.17) is 30.6 Å². The molecule has 0 saturated heterocycles. The third-order valence-electron chi connectivity index (χ3n) is 8.33. The normalized spacial score (nSPS) is 10.2. The second-order valence-corrected chi connectivity index (χ2v) is 12.8. The van der Waals surface area contributed by atoms with E-state index in [1.54, 1.807) is 32.9 Å². The lowest BCUT2D eigenvalue weighted by atomic mass is 10.1. The number of carbonyl (C=O) groups excluding carboxylic acids is 3. The summed E-state index contributed by atoms with van der Waals surface area (Å²) in [6, 6.07) is 37.4. The van der Waals surface area contributed by atoms with Crippen LogP contribution < -0.4 is 11.0 Å². The van der Waals surface area contributed by atoms with E-state index in [0.717, 1.165) is 16.7 Å². The number of anilines is 1. The molecule has 316 valence electrons. The van der Waals surface area contributed by atoms with E-state index in [1.807, 2.05) is 109 Å². The third kappa shape index (κ3) is 12.5. The fraction of sp³-hybridized carbons (Fsp3) is 0.152. The summed E-state index contributed by atoms with van der Waals surface area (Å²) < 4.78 is 15.0. The molecule has 7 rings (SSSR count). The minimum absolute atomic E-state index is 0.0643. The highest BCUT2D eigenvalue weighted by Crippen LogP contribution is 2.28. The van der Waals surface area contributed by atoms with Crippen molar-refractivity contribution in [1.29, 1.82) is 0 Å². The smallest absolute Gasteiger partial charge is 0.346 e. The number of halogens is 1. The Morgan fingerprint density at radius 1 is 0.548 bits per heavy atom. The van der Waals surface area contributed by atoms with E-state index >= 15 is 0 Å². The molecule has 0 radical (unpaired) electrons. The van der Waals surface area contributed by atoms with Gasteiger partial charge in [0.15, 0.2) is 11.4 Å². The molecule has 0 fully saturated rings. The van der Waals surface area contributed by atoms with Crippen LogP contribution in [0.2, 0.25) is 5.15 Å². The predicted octanol–water partition coefficient (Wildman–Crippen LogP) is 8.45. The Balaban J connectivity index is 0.000000181. The maximum absolute atomic E-state index is 12.5. The Morgan fingerprint density at radius 3 is 1.47 bits per heavy atom. The maximum Gasteiger partial charge on any atom is 0.346 e. The van der Waals surface area contributed by atoms with Gasteiger partial charge in [0.1, 0.15) is 28.9 Å². The summed E-state index contributed by atoms with van der Waals surface area (Å²) in [4.78, 5) is 76.2. The number of rotatable bonds is 13. The number of H-pyrrole nitrogens is 1. The summed E-state index contributed by atoms with van der Waals surface area (Å²) in [6.45, 7) is 6.24. The molecule has 3 heterocycles. The van der Waals surface area contributed by atoms with E-state index in [-0.39, 0.29) is 47.5 Å². The summed E-state index contributed by atoms with van der Waals surface area (Å²) in [5, 5.41) is 0.0994. The molecular weight excluding hydrogens is 814 g/mol. The van der Waals surface area contributed by atoms with E-state index in [9.17, 15) is 19.2 Å². The molecule has 0 spiro atoms. The molecule has 0 aliphatic carbocycles. The van der Waals surface area contributed by atoms with Crippen LogP contribution in [0.5, 0.6) is 0 Å². The predicted molar refractivity (Wildman–Crippen MR) is 233 cm³/mol. The number of nitrogens with one attached hydrogen (secondary N) is 2. The average molecular weight is 856 g/mol. The van der Waals surface area contributed by atoms with E-state index in [1.165, 1.54) is 19.0 Å². The molecule has 0 aliphatic heterocycles. The molecule has 0 saturated carbocycles. The van der Waals surface area contributed by atoms with E-state index < -0.39 is 23.5 Å². The van der Waals surface area contributed by atoms with Gasteiger partial charge < -0.3 is 19.2 Å². The Hall–Kier alpha value is -7.62. The number of carbonyl (C=O) groups is 3. The molecular formula is C46H42ClN7O8. The zero-order valence-electron chi connectivity index (χ0n) is 34.0. The highest BCUT2D eigenvalue weighted by molar-refractivity contribution is 6.33. The van der Waals surface area contributed by atoms with Crippen LogP contribution in [0.15, 0.2) is 145 Å². The number of hydrogen-bond acceptors (Lipinski definition) is 14. The highest BCUT2D eigenvalue weighted by Gasteiger charge is 2.23. The first-order valence-electron chi connectivity index (χ1n) is 19.3.